The van der Waals surface area contributed by atoms with Crippen LogP contribution in [0.5, 0.6) is 0 Å². The van der Waals surface area contributed by atoms with Gasteiger partial charge >= 0.3 is 5.00 Å². The molecule has 0 saturated carbocycles. The first-order valence-corrected chi connectivity index (χ1v) is 8.12. The number of nitro groups is 1. The van der Waals surface area contributed by atoms with E-state index >= 15 is 0 Å². The first-order valence-electron chi connectivity index (χ1n) is 6.36. The van der Waals surface area contributed by atoms with Crippen molar-refractivity contribution in [2.75, 3.05) is 0 Å². The molecule has 1 aromatic carbocycles. The predicted molar refractivity (Wildman–Crippen MR) is 87.4 cm³/mol. The molecule has 1 unspecified atom stereocenters. The van der Waals surface area contributed by atoms with Gasteiger partial charge in [0.25, 0.3) is 5.91 Å². The van der Waals surface area contributed by atoms with Crippen LogP contribution in [0, 0.1) is 10.1 Å². The number of thioether (sulfide) groups is 1. The molecule has 2 N–H and O–H groups in total. The molecule has 0 spiro atoms. The third-order valence-corrected chi connectivity index (χ3v) is 4.87. The molecule has 0 saturated heterocycles. The van der Waals surface area contributed by atoms with E-state index in [1.165, 1.54) is 23.9 Å². The number of hydrogen-bond donors (Lipinski definition) is 2. The lowest BCUT2D eigenvalue weighted by Gasteiger charge is -2.14. The van der Waals surface area contributed by atoms with Crippen LogP contribution in [-0.2, 0) is 0 Å². The number of carbonyl (C=O) groups is 1. The number of benzene rings is 1. The van der Waals surface area contributed by atoms with Crippen molar-refractivity contribution < 1.29 is 9.72 Å². The van der Waals surface area contributed by atoms with Gasteiger partial charge in [-0.1, -0.05) is 53.4 Å². The summed E-state index contributed by atoms with van der Waals surface area (Å²) in [6.07, 6.45) is 0. The largest absolute Gasteiger partial charge is 0.356 e. The standard InChI is InChI=1S/C14H11N3O3S2/c18-13(11-6-7-12(22-11)17(19)20)16-14-15-10(8-21-14)9-4-2-1-3-5-9/h1-8,14-15H,(H,16,18). The molecular formula is C14H11N3O3S2. The first-order chi connectivity index (χ1) is 10.6. The van der Waals surface area contributed by atoms with Crippen LogP contribution in [0.2, 0.25) is 0 Å². The van der Waals surface area contributed by atoms with E-state index in [9.17, 15) is 14.9 Å². The quantitative estimate of drug-likeness (QED) is 0.664. The molecule has 2 heterocycles. The number of hydrogen-bond acceptors (Lipinski definition) is 6. The number of nitrogens with zero attached hydrogens (tertiary/aromatic N) is 1. The van der Waals surface area contributed by atoms with Crippen LogP contribution in [-0.4, -0.2) is 16.3 Å². The molecule has 0 aliphatic carbocycles. The lowest BCUT2D eigenvalue weighted by atomic mass is 10.2. The Bertz CT molecular complexity index is 743. The Kier molecular flexibility index (Phi) is 4.12. The van der Waals surface area contributed by atoms with E-state index in [-0.39, 0.29) is 16.4 Å². The number of nitrogens with one attached hydrogen (secondary N) is 2. The fraction of sp³-hybridized carbons (Fsp3) is 0.0714. The fourth-order valence-corrected chi connectivity index (χ4v) is 3.49. The summed E-state index contributed by atoms with van der Waals surface area (Å²) in [6.45, 7) is 0. The molecule has 8 heteroatoms. The van der Waals surface area contributed by atoms with Crippen molar-refractivity contribution in [3.63, 3.8) is 0 Å². The molecule has 1 aliphatic rings. The minimum Gasteiger partial charge on any atom is -0.356 e. The molecule has 0 fully saturated rings. The third-order valence-electron chi connectivity index (χ3n) is 2.95. The van der Waals surface area contributed by atoms with Gasteiger partial charge in [0.05, 0.1) is 15.5 Å². The van der Waals surface area contributed by atoms with Crippen molar-refractivity contribution in [3.8, 4) is 0 Å². The van der Waals surface area contributed by atoms with Crippen LogP contribution in [0.25, 0.3) is 5.70 Å². The topological polar surface area (TPSA) is 84.3 Å². The molecule has 2 aromatic rings. The van der Waals surface area contributed by atoms with Gasteiger partial charge in [0, 0.05) is 6.07 Å². The molecule has 1 atom stereocenters. The van der Waals surface area contributed by atoms with Gasteiger partial charge < -0.3 is 10.6 Å². The summed E-state index contributed by atoms with van der Waals surface area (Å²) in [5, 5.41) is 18.5. The summed E-state index contributed by atoms with van der Waals surface area (Å²) in [7, 11) is 0. The normalized spacial score (nSPS) is 16.7. The molecule has 112 valence electrons. The van der Waals surface area contributed by atoms with Gasteiger partial charge in [-0.05, 0) is 17.0 Å². The average molecular weight is 333 g/mol. The average Bonchev–Trinajstić information content (AvgIpc) is 3.17. The summed E-state index contributed by atoms with van der Waals surface area (Å²) in [5.41, 5.74) is 1.69. The van der Waals surface area contributed by atoms with Crippen molar-refractivity contribution in [1.29, 1.82) is 0 Å². The first kappa shape index (κ1) is 14.6. The smallest absolute Gasteiger partial charge is 0.324 e. The van der Waals surface area contributed by atoms with Gasteiger partial charge in [-0.15, -0.1) is 0 Å². The zero-order valence-corrected chi connectivity index (χ0v) is 12.8. The van der Waals surface area contributed by atoms with Crippen LogP contribution in [0.3, 0.4) is 0 Å². The Labute approximate surface area is 134 Å². The number of carbonyl (C=O) groups excluding carboxylic acids is 1. The van der Waals surface area contributed by atoms with E-state index in [1.807, 2.05) is 35.7 Å². The maximum Gasteiger partial charge on any atom is 0.324 e. The molecule has 1 aromatic heterocycles. The van der Waals surface area contributed by atoms with Crippen molar-refractivity contribution in [2.45, 2.75) is 5.50 Å². The molecule has 3 rings (SSSR count). The zero-order valence-electron chi connectivity index (χ0n) is 11.2. The van der Waals surface area contributed by atoms with Crippen LogP contribution >= 0.6 is 23.1 Å². The Balaban J connectivity index is 1.61. The molecule has 0 radical (unpaired) electrons. The summed E-state index contributed by atoms with van der Waals surface area (Å²) in [5.74, 6) is -0.328. The Morgan fingerprint density at radius 3 is 2.68 bits per heavy atom. The van der Waals surface area contributed by atoms with Crippen LogP contribution < -0.4 is 10.6 Å². The van der Waals surface area contributed by atoms with Crippen LogP contribution in [0.15, 0.2) is 47.9 Å². The maximum absolute atomic E-state index is 12.1. The van der Waals surface area contributed by atoms with Gasteiger partial charge in [0.2, 0.25) is 0 Å². The van der Waals surface area contributed by atoms with Gasteiger partial charge in [0.15, 0.2) is 5.50 Å². The summed E-state index contributed by atoms with van der Waals surface area (Å²) in [6, 6.07) is 12.6. The maximum atomic E-state index is 12.1. The SMILES string of the molecule is O=C(NC1NC(c2ccccc2)=CS1)c1ccc([N+](=O)[O-])s1. The Morgan fingerprint density at radius 2 is 2.00 bits per heavy atom. The van der Waals surface area contributed by atoms with Crippen molar-refractivity contribution in [2.24, 2.45) is 0 Å². The minimum absolute atomic E-state index is 0.0414. The van der Waals surface area contributed by atoms with Gasteiger partial charge in [-0.2, -0.15) is 0 Å². The van der Waals surface area contributed by atoms with Gasteiger partial charge in [0.1, 0.15) is 0 Å². The molecule has 0 bridgehead atoms. The monoisotopic (exact) mass is 333 g/mol. The lowest BCUT2D eigenvalue weighted by Crippen LogP contribution is -2.39. The molecule has 6 nitrogen and oxygen atoms in total. The van der Waals surface area contributed by atoms with E-state index in [0.717, 1.165) is 22.6 Å². The highest BCUT2D eigenvalue weighted by Gasteiger charge is 2.22. The fourth-order valence-electron chi connectivity index (χ4n) is 1.92. The second-order valence-electron chi connectivity index (χ2n) is 4.43. The highest BCUT2D eigenvalue weighted by molar-refractivity contribution is 8.03. The molecule has 1 amide bonds. The highest BCUT2D eigenvalue weighted by Crippen LogP contribution is 2.27. The van der Waals surface area contributed by atoms with E-state index in [1.54, 1.807) is 0 Å². The Hall–Kier alpha value is -2.32. The summed E-state index contributed by atoms with van der Waals surface area (Å²) in [4.78, 5) is 22.5. The molecule has 1 aliphatic heterocycles. The number of amides is 1. The lowest BCUT2D eigenvalue weighted by molar-refractivity contribution is -0.380. The zero-order chi connectivity index (χ0) is 15.5. The van der Waals surface area contributed by atoms with Crippen LogP contribution in [0.4, 0.5) is 5.00 Å². The van der Waals surface area contributed by atoms with E-state index in [0.29, 0.717) is 4.88 Å². The number of rotatable bonds is 4. The number of thiophene rings is 1. The van der Waals surface area contributed by atoms with Crippen LogP contribution in [0.1, 0.15) is 15.2 Å². The van der Waals surface area contributed by atoms with E-state index in [4.69, 9.17) is 0 Å². The predicted octanol–water partition coefficient (Wildman–Crippen LogP) is 3.00. The van der Waals surface area contributed by atoms with Crippen molar-refractivity contribution in [3.05, 3.63) is 68.4 Å². The van der Waals surface area contributed by atoms with Gasteiger partial charge in [-0.25, -0.2) is 0 Å². The Morgan fingerprint density at radius 1 is 1.23 bits per heavy atom. The summed E-state index contributed by atoms with van der Waals surface area (Å²) >= 11 is 2.31. The second-order valence-corrected chi connectivity index (χ2v) is 6.47. The third kappa shape index (κ3) is 3.12. The second kappa shape index (κ2) is 6.20. The summed E-state index contributed by atoms with van der Waals surface area (Å²) < 4.78 is 0. The van der Waals surface area contributed by atoms with Crippen molar-refractivity contribution in [1.82, 2.24) is 10.6 Å². The van der Waals surface area contributed by atoms with Crippen molar-refractivity contribution >= 4 is 39.7 Å². The molecule has 22 heavy (non-hydrogen) atoms. The minimum atomic E-state index is -0.501. The van der Waals surface area contributed by atoms with Gasteiger partial charge in [-0.3, -0.25) is 14.9 Å². The molecular weight excluding hydrogens is 322 g/mol. The highest BCUT2D eigenvalue weighted by atomic mass is 32.2. The van der Waals surface area contributed by atoms with E-state index < -0.39 is 4.92 Å². The van der Waals surface area contributed by atoms with E-state index in [2.05, 4.69) is 10.6 Å².